The fourth-order valence-corrected chi connectivity index (χ4v) is 6.76. The van der Waals surface area contributed by atoms with Crippen LogP contribution in [0.2, 0.25) is 0 Å². The SMILES string of the molecule is O=C(CCN1C(=O)C(=Cc2cc(-c3ccc4cc(O)ccc4c3)ccc2OCCN2CCOCC2)SC1=S)Nc1ccc(C(=O)O)cc1. The van der Waals surface area contributed by atoms with Crippen LogP contribution in [0.15, 0.2) is 83.8 Å². The summed E-state index contributed by atoms with van der Waals surface area (Å²) in [5, 5.41) is 23.6. The van der Waals surface area contributed by atoms with Crippen LogP contribution >= 0.6 is 24.0 Å². The van der Waals surface area contributed by atoms with Gasteiger partial charge in [-0.15, -0.1) is 0 Å². The van der Waals surface area contributed by atoms with Gasteiger partial charge in [-0.2, -0.15) is 0 Å². The van der Waals surface area contributed by atoms with Crippen LogP contribution in [0.5, 0.6) is 11.5 Å². The number of phenolic OH excluding ortho intramolecular Hbond substituents is 1. The third-order valence-corrected chi connectivity index (χ3v) is 9.45. The lowest BCUT2D eigenvalue weighted by atomic mass is 9.99. The van der Waals surface area contributed by atoms with E-state index in [0.29, 0.717) is 40.5 Å². The van der Waals surface area contributed by atoms with Crippen molar-refractivity contribution in [3.8, 4) is 22.6 Å². The molecule has 12 heteroatoms. The van der Waals surface area contributed by atoms with Gasteiger partial charge in [-0.05, 0) is 82.6 Å². The summed E-state index contributed by atoms with van der Waals surface area (Å²) < 4.78 is 12.1. The molecule has 4 aromatic rings. The number of amides is 2. The zero-order valence-electron chi connectivity index (χ0n) is 25.9. The predicted octanol–water partition coefficient (Wildman–Crippen LogP) is 5.85. The number of carboxylic acids is 1. The Labute approximate surface area is 286 Å². The molecule has 3 N–H and O–H groups in total. The number of benzene rings is 4. The van der Waals surface area contributed by atoms with Crippen molar-refractivity contribution in [2.75, 3.05) is 51.3 Å². The number of nitrogens with one attached hydrogen (secondary N) is 1. The molecule has 0 aliphatic carbocycles. The van der Waals surface area contributed by atoms with E-state index in [1.165, 1.54) is 40.9 Å². The molecule has 0 bridgehead atoms. The minimum atomic E-state index is -1.05. The van der Waals surface area contributed by atoms with Crippen LogP contribution in [0.25, 0.3) is 28.0 Å². The zero-order chi connectivity index (χ0) is 33.6. The van der Waals surface area contributed by atoms with Crippen LogP contribution in [-0.2, 0) is 14.3 Å². The maximum Gasteiger partial charge on any atom is 0.335 e. The Kier molecular flexibility index (Phi) is 10.4. The maximum absolute atomic E-state index is 13.5. The van der Waals surface area contributed by atoms with E-state index in [-0.39, 0.29) is 36.1 Å². The number of aromatic carboxylic acids is 1. The molecule has 4 aromatic carbocycles. The molecule has 2 amide bonds. The van der Waals surface area contributed by atoms with Gasteiger partial charge in [0.15, 0.2) is 0 Å². The van der Waals surface area contributed by atoms with Crippen LogP contribution < -0.4 is 10.1 Å². The second-order valence-corrected chi connectivity index (χ2v) is 13.0. The topological polar surface area (TPSA) is 129 Å². The fourth-order valence-electron chi connectivity index (χ4n) is 5.46. The van der Waals surface area contributed by atoms with Crippen LogP contribution in [0.3, 0.4) is 0 Å². The van der Waals surface area contributed by atoms with Gasteiger partial charge in [-0.3, -0.25) is 19.4 Å². The number of carbonyl (C=O) groups is 3. The largest absolute Gasteiger partial charge is 0.508 e. The van der Waals surface area contributed by atoms with Crippen molar-refractivity contribution in [1.29, 1.82) is 0 Å². The summed E-state index contributed by atoms with van der Waals surface area (Å²) in [5.74, 6) is -0.828. The number of ether oxygens (including phenoxy) is 2. The van der Waals surface area contributed by atoms with Gasteiger partial charge >= 0.3 is 5.97 Å². The number of hydrogen-bond acceptors (Lipinski definition) is 9. The number of aromatic hydroxyl groups is 1. The lowest BCUT2D eigenvalue weighted by Crippen LogP contribution is -2.38. The average Bonchev–Trinajstić information content (AvgIpc) is 3.35. The van der Waals surface area contributed by atoms with Crippen molar-refractivity contribution in [3.63, 3.8) is 0 Å². The van der Waals surface area contributed by atoms with Gasteiger partial charge < -0.3 is 25.0 Å². The van der Waals surface area contributed by atoms with Crippen molar-refractivity contribution in [2.45, 2.75) is 6.42 Å². The second-order valence-electron chi connectivity index (χ2n) is 11.3. The number of carboxylic acid groups (broad SMARTS) is 1. The Morgan fingerprint density at radius 2 is 1.65 bits per heavy atom. The van der Waals surface area contributed by atoms with E-state index in [1.807, 2.05) is 36.4 Å². The zero-order valence-corrected chi connectivity index (χ0v) is 27.5. The van der Waals surface area contributed by atoms with Gasteiger partial charge in [-0.1, -0.05) is 48.2 Å². The summed E-state index contributed by atoms with van der Waals surface area (Å²) in [6.45, 7) is 4.42. The van der Waals surface area contributed by atoms with E-state index in [4.69, 9.17) is 26.8 Å². The van der Waals surface area contributed by atoms with E-state index < -0.39 is 5.97 Å². The molecule has 0 spiro atoms. The normalized spacial score (nSPS) is 16.1. The minimum absolute atomic E-state index is 0.00548. The number of hydrogen-bond donors (Lipinski definition) is 3. The van der Waals surface area contributed by atoms with Crippen molar-refractivity contribution >= 4 is 68.6 Å². The molecule has 0 aromatic heterocycles. The summed E-state index contributed by atoms with van der Waals surface area (Å²) in [7, 11) is 0. The number of thiocarbonyl (C=S) groups is 1. The maximum atomic E-state index is 13.5. The van der Waals surface area contributed by atoms with Gasteiger partial charge in [0.2, 0.25) is 5.91 Å². The number of morpholine rings is 1. The molecule has 6 rings (SSSR count). The number of carbonyl (C=O) groups excluding carboxylic acids is 2. The lowest BCUT2D eigenvalue weighted by molar-refractivity contribution is -0.122. The Hall–Kier alpha value is -4.75. The molecule has 0 atom stereocenters. The van der Waals surface area contributed by atoms with Gasteiger partial charge in [0.1, 0.15) is 22.4 Å². The van der Waals surface area contributed by atoms with E-state index in [1.54, 1.807) is 18.2 Å². The quantitative estimate of drug-likeness (QED) is 0.131. The molecule has 246 valence electrons. The highest BCUT2D eigenvalue weighted by atomic mass is 32.2. The summed E-state index contributed by atoms with van der Waals surface area (Å²) in [5.41, 5.74) is 3.20. The minimum Gasteiger partial charge on any atom is -0.508 e. The van der Waals surface area contributed by atoms with E-state index in [2.05, 4.69) is 16.3 Å². The summed E-state index contributed by atoms with van der Waals surface area (Å²) in [6, 6.07) is 23.0. The number of phenols is 1. The Morgan fingerprint density at radius 1 is 0.938 bits per heavy atom. The van der Waals surface area contributed by atoms with Crippen LogP contribution in [0, 0.1) is 0 Å². The van der Waals surface area contributed by atoms with Gasteiger partial charge in [0.25, 0.3) is 5.91 Å². The van der Waals surface area contributed by atoms with E-state index in [9.17, 15) is 19.5 Å². The number of anilines is 1. The van der Waals surface area contributed by atoms with Crippen molar-refractivity contribution < 1.29 is 34.1 Å². The molecule has 0 unspecified atom stereocenters. The lowest BCUT2D eigenvalue weighted by Gasteiger charge is -2.26. The molecule has 2 aliphatic heterocycles. The average molecular weight is 684 g/mol. The first kappa shape index (κ1) is 33.2. The highest BCUT2D eigenvalue weighted by Crippen LogP contribution is 2.36. The third kappa shape index (κ3) is 8.03. The van der Waals surface area contributed by atoms with Gasteiger partial charge in [0, 0.05) is 43.9 Å². The number of fused-ring (bicyclic) bond motifs is 1. The number of nitrogens with zero attached hydrogens (tertiary/aromatic N) is 2. The van der Waals surface area contributed by atoms with Crippen molar-refractivity contribution in [2.24, 2.45) is 0 Å². The second kappa shape index (κ2) is 15.0. The predicted molar refractivity (Wildman–Crippen MR) is 190 cm³/mol. The van der Waals surface area contributed by atoms with Crippen molar-refractivity contribution in [3.05, 3.63) is 94.9 Å². The molecule has 0 saturated carbocycles. The summed E-state index contributed by atoms with van der Waals surface area (Å²) in [6.07, 6.45) is 1.79. The first-order valence-corrected chi connectivity index (χ1v) is 16.6. The molecule has 48 heavy (non-hydrogen) atoms. The summed E-state index contributed by atoms with van der Waals surface area (Å²) in [4.78, 5) is 41.4. The van der Waals surface area contributed by atoms with Crippen LogP contribution in [0.4, 0.5) is 5.69 Å². The molecule has 0 radical (unpaired) electrons. The molecular formula is C36H33N3O7S2. The number of rotatable bonds is 11. The van der Waals surface area contributed by atoms with E-state index in [0.717, 1.165) is 47.1 Å². The molecule has 2 aliphatic rings. The third-order valence-electron chi connectivity index (χ3n) is 8.07. The highest BCUT2D eigenvalue weighted by Gasteiger charge is 2.32. The molecule has 10 nitrogen and oxygen atoms in total. The number of thioether (sulfide) groups is 1. The highest BCUT2D eigenvalue weighted by molar-refractivity contribution is 8.26. The monoisotopic (exact) mass is 683 g/mol. The molecule has 2 fully saturated rings. The molecule has 2 saturated heterocycles. The molecular weight excluding hydrogens is 651 g/mol. The Morgan fingerprint density at radius 3 is 2.42 bits per heavy atom. The first-order valence-electron chi connectivity index (χ1n) is 15.4. The summed E-state index contributed by atoms with van der Waals surface area (Å²) >= 11 is 6.71. The van der Waals surface area contributed by atoms with Gasteiger partial charge in [0.05, 0.1) is 23.7 Å². The molecule has 2 heterocycles. The van der Waals surface area contributed by atoms with Crippen LogP contribution in [0.1, 0.15) is 22.3 Å². The smallest absolute Gasteiger partial charge is 0.335 e. The van der Waals surface area contributed by atoms with Gasteiger partial charge in [-0.25, -0.2) is 4.79 Å². The fraction of sp³-hybridized carbons (Fsp3) is 0.222. The van der Waals surface area contributed by atoms with Crippen LogP contribution in [-0.4, -0.2) is 88.1 Å². The van der Waals surface area contributed by atoms with Crippen molar-refractivity contribution in [1.82, 2.24) is 9.80 Å². The standard InChI is InChI=1S/C36H33N3O7S2/c40-30-9-5-25-19-24(1-2-27(25)21-30)26-6-10-31(46-18-15-38-13-16-45-17-14-38)28(20-26)22-32-34(42)39(36(47)48-32)12-11-33(41)37-29-7-3-23(4-8-29)35(43)44/h1-10,19-22,40H,11-18H2,(H,37,41)(H,43,44). The Bertz CT molecular complexity index is 1910. The Balaban J connectivity index is 1.19. The first-order chi connectivity index (χ1) is 23.2. The van der Waals surface area contributed by atoms with E-state index >= 15 is 0 Å².